The molecule has 0 saturated carbocycles. The van der Waals surface area contributed by atoms with Crippen LogP contribution in [0.2, 0.25) is 0 Å². The SMILES string of the molecule is Cc1noc2ncnc(N3CC(S(=O)(=O)Cl)CC3=O)c12. The number of anilines is 1. The molecule has 0 aliphatic carbocycles. The van der Waals surface area contributed by atoms with Crippen LogP contribution in [0.25, 0.3) is 11.1 Å². The Labute approximate surface area is 118 Å². The van der Waals surface area contributed by atoms with Crippen molar-refractivity contribution < 1.29 is 17.7 Å². The Bertz CT molecular complexity index is 803. The number of carbonyl (C=O) groups excluding carboxylic acids is 1. The first kappa shape index (κ1) is 13.3. The Morgan fingerprint density at radius 2 is 2.20 bits per heavy atom. The lowest BCUT2D eigenvalue weighted by molar-refractivity contribution is -0.117. The summed E-state index contributed by atoms with van der Waals surface area (Å²) in [5.41, 5.74) is 0.776. The second kappa shape index (κ2) is 4.38. The summed E-state index contributed by atoms with van der Waals surface area (Å²) >= 11 is 0. The molecule has 3 heterocycles. The van der Waals surface area contributed by atoms with Crippen molar-refractivity contribution in [3.05, 3.63) is 12.0 Å². The number of aryl methyl sites for hydroxylation is 1. The minimum absolute atomic E-state index is 0.0403. The summed E-state index contributed by atoms with van der Waals surface area (Å²) < 4.78 is 27.7. The number of carbonyl (C=O) groups is 1. The molecule has 8 nitrogen and oxygen atoms in total. The Morgan fingerprint density at radius 1 is 1.45 bits per heavy atom. The molecule has 1 fully saturated rings. The molecule has 1 saturated heterocycles. The van der Waals surface area contributed by atoms with Crippen LogP contribution in [0.4, 0.5) is 5.82 Å². The number of hydrogen-bond acceptors (Lipinski definition) is 7. The van der Waals surface area contributed by atoms with Crippen LogP contribution in [-0.2, 0) is 13.8 Å². The third-order valence-corrected chi connectivity index (χ3v) is 5.03. The van der Waals surface area contributed by atoms with Crippen LogP contribution in [0.5, 0.6) is 0 Å². The Morgan fingerprint density at radius 3 is 2.85 bits per heavy atom. The number of aromatic nitrogens is 3. The fourth-order valence-electron chi connectivity index (χ4n) is 2.18. The summed E-state index contributed by atoms with van der Waals surface area (Å²) in [5, 5.41) is 3.31. The number of amides is 1. The highest BCUT2D eigenvalue weighted by atomic mass is 35.7. The van der Waals surface area contributed by atoms with Gasteiger partial charge in [-0.1, -0.05) is 5.16 Å². The standard InChI is InChI=1S/C10H9ClN4O4S/c1-5-8-9(12-4-13-10(8)19-14-5)15-3-6(2-7(15)16)20(11,17)18/h4,6H,2-3H2,1H3. The van der Waals surface area contributed by atoms with Gasteiger partial charge in [-0.15, -0.1) is 0 Å². The molecule has 1 atom stereocenters. The van der Waals surface area contributed by atoms with Gasteiger partial charge in [0, 0.05) is 23.6 Å². The zero-order chi connectivity index (χ0) is 14.5. The van der Waals surface area contributed by atoms with Gasteiger partial charge in [0.1, 0.15) is 17.0 Å². The van der Waals surface area contributed by atoms with Crippen LogP contribution in [0.1, 0.15) is 12.1 Å². The van der Waals surface area contributed by atoms with Gasteiger partial charge in [-0.25, -0.2) is 13.4 Å². The molecule has 1 unspecified atom stereocenters. The third kappa shape index (κ3) is 2.02. The number of halogens is 1. The second-order valence-corrected chi connectivity index (χ2v) is 7.36. The van der Waals surface area contributed by atoms with Crippen LogP contribution < -0.4 is 4.90 Å². The molecule has 10 heteroatoms. The van der Waals surface area contributed by atoms with Crippen LogP contribution in [0.3, 0.4) is 0 Å². The van der Waals surface area contributed by atoms with Crippen molar-refractivity contribution in [2.45, 2.75) is 18.6 Å². The fraction of sp³-hybridized carbons (Fsp3) is 0.400. The average Bonchev–Trinajstić information content (AvgIpc) is 2.93. The molecule has 2 aromatic heterocycles. The molecule has 3 rings (SSSR count). The summed E-state index contributed by atoms with van der Waals surface area (Å²) in [4.78, 5) is 21.2. The quantitative estimate of drug-likeness (QED) is 0.747. The zero-order valence-electron chi connectivity index (χ0n) is 10.3. The Kier molecular flexibility index (Phi) is 2.91. The lowest BCUT2D eigenvalue weighted by atomic mass is 10.3. The van der Waals surface area contributed by atoms with E-state index in [2.05, 4.69) is 15.1 Å². The van der Waals surface area contributed by atoms with Gasteiger partial charge in [0.05, 0.1) is 5.69 Å². The molecule has 106 valence electrons. The molecule has 1 amide bonds. The van der Waals surface area contributed by atoms with E-state index in [1.165, 1.54) is 11.2 Å². The van der Waals surface area contributed by atoms with E-state index in [9.17, 15) is 13.2 Å². The second-order valence-electron chi connectivity index (χ2n) is 4.45. The number of hydrogen-bond donors (Lipinski definition) is 0. The predicted octanol–water partition coefficient (Wildman–Crippen LogP) is 0.600. The monoisotopic (exact) mass is 316 g/mol. The van der Waals surface area contributed by atoms with Crippen LogP contribution in [0.15, 0.2) is 10.9 Å². The predicted molar refractivity (Wildman–Crippen MR) is 69.9 cm³/mol. The summed E-state index contributed by atoms with van der Waals surface area (Å²) in [6.07, 6.45) is 1.07. The molecule has 0 radical (unpaired) electrons. The van der Waals surface area contributed by atoms with Crippen molar-refractivity contribution in [1.82, 2.24) is 15.1 Å². The van der Waals surface area contributed by atoms with E-state index in [-0.39, 0.29) is 24.6 Å². The first-order valence-corrected chi connectivity index (χ1v) is 8.06. The highest BCUT2D eigenvalue weighted by Gasteiger charge is 2.39. The molecule has 0 N–H and O–H groups in total. The minimum Gasteiger partial charge on any atom is -0.335 e. The first-order valence-electron chi connectivity index (χ1n) is 5.68. The first-order chi connectivity index (χ1) is 9.38. The number of rotatable bonds is 2. The lowest BCUT2D eigenvalue weighted by Crippen LogP contribution is -2.27. The van der Waals surface area contributed by atoms with Crippen molar-refractivity contribution >= 4 is 42.6 Å². The van der Waals surface area contributed by atoms with Gasteiger partial charge >= 0.3 is 0 Å². The van der Waals surface area contributed by atoms with Gasteiger partial charge in [-0.3, -0.25) is 9.69 Å². The van der Waals surface area contributed by atoms with E-state index >= 15 is 0 Å². The van der Waals surface area contributed by atoms with Gasteiger partial charge in [-0.2, -0.15) is 4.98 Å². The molecule has 0 aromatic carbocycles. The maximum absolute atomic E-state index is 12.0. The Hall–Kier alpha value is -1.74. The minimum atomic E-state index is -3.80. The topological polar surface area (TPSA) is 106 Å². The van der Waals surface area contributed by atoms with E-state index in [1.807, 2.05) is 0 Å². The van der Waals surface area contributed by atoms with Crippen molar-refractivity contribution in [3.63, 3.8) is 0 Å². The average molecular weight is 317 g/mol. The molecule has 0 bridgehead atoms. The van der Waals surface area contributed by atoms with Crippen LogP contribution in [-0.4, -0.2) is 41.2 Å². The number of fused-ring (bicyclic) bond motifs is 1. The van der Waals surface area contributed by atoms with Gasteiger partial charge in [0.25, 0.3) is 5.71 Å². The molecule has 1 aliphatic heterocycles. The number of nitrogens with zero attached hydrogens (tertiary/aromatic N) is 4. The van der Waals surface area contributed by atoms with Crippen molar-refractivity contribution in [3.8, 4) is 0 Å². The molecular formula is C10H9ClN4O4S. The van der Waals surface area contributed by atoms with Gasteiger partial charge in [-0.05, 0) is 6.92 Å². The summed E-state index contributed by atoms with van der Waals surface area (Å²) in [7, 11) is 1.52. The fourth-order valence-corrected chi connectivity index (χ4v) is 3.20. The zero-order valence-corrected chi connectivity index (χ0v) is 11.8. The van der Waals surface area contributed by atoms with Gasteiger partial charge in [0.2, 0.25) is 15.0 Å². The molecule has 2 aromatic rings. The van der Waals surface area contributed by atoms with Crippen molar-refractivity contribution in [2.24, 2.45) is 0 Å². The largest absolute Gasteiger partial charge is 0.335 e. The highest BCUT2D eigenvalue weighted by Crippen LogP contribution is 2.31. The van der Waals surface area contributed by atoms with Gasteiger partial charge in [0.15, 0.2) is 5.82 Å². The van der Waals surface area contributed by atoms with Crippen molar-refractivity contribution in [2.75, 3.05) is 11.4 Å². The normalized spacial score (nSPS) is 20.0. The summed E-state index contributed by atoms with van der Waals surface area (Å²) in [6.45, 7) is 1.65. The lowest BCUT2D eigenvalue weighted by Gasteiger charge is -2.15. The van der Waals surface area contributed by atoms with E-state index < -0.39 is 14.3 Å². The van der Waals surface area contributed by atoms with Crippen LogP contribution in [0, 0.1) is 6.92 Å². The van der Waals surface area contributed by atoms with E-state index in [0.29, 0.717) is 16.9 Å². The van der Waals surface area contributed by atoms with Crippen molar-refractivity contribution in [1.29, 1.82) is 0 Å². The molecule has 0 spiro atoms. The summed E-state index contributed by atoms with van der Waals surface area (Å²) in [6, 6.07) is 0. The van der Waals surface area contributed by atoms with E-state index in [1.54, 1.807) is 6.92 Å². The smallest absolute Gasteiger partial charge is 0.263 e. The maximum atomic E-state index is 12.0. The van der Waals surface area contributed by atoms with E-state index in [4.69, 9.17) is 15.2 Å². The molecular weight excluding hydrogens is 308 g/mol. The Balaban J connectivity index is 2.08. The summed E-state index contributed by atoms with van der Waals surface area (Å²) in [5.74, 6) is -0.0682. The van der Waals surface area contributed by atoms with E-state index in [0.717, 1.165) is 0 Å². The maximum Gasteiger partial charge on any atom is 0.263 e. The molecule has 1 aliphatic rings. The highest BCUT2D eigenvalue weighted by molar-refractivity contribution is 8.14. The third-order valence-electron chi connectivity index (χ3n) is 3.17. The van der Waals surface area contributed by atoms with Gasteiger partial charge < -0.3 is 4.52 Å². The van der Waals surface area contributed by atoms with Crippen LogP contribution >= 0.6 is 10.7 Å². The molecule has 20 heavy (non-hydrogen) atoms.